The van der Waals surface area contributed by atoms with Crippen LogP contribution in [0.3, 0.4) is 0 Å². The van der Waals surface area contributed by atoms with E-state index in [0.29, 0.717) is 4.47 Å². The highest BCUT2D eigenvalue weighted by atomic mass is 79.9. The molecule has 100 valence electrons. The third-order valence-corrected chi connectivity index (χ3v) is 3.87. The van der Waals surface area contributed by atoms with Crippen LogP contribution in [0, 0.1) is 10.1 Å². The van der Waals surface area contributed by atoms with Crippen molar-refractivity contribution in [3.05, 3.63) is 32.8 Å². The summed E-state index contributed by atoms with van der Waals surface area (Å²) in [7, 11) is -2.33. The summed E-state index contributed by atoms with van der Waals surface area (Å²) in [6, 6.07) is 3.52. The maximum Gasteiger partial charge on any atom is 0.271 e. The number of nitro groups is 1. The Bertz CT molecular complexity index is 546. The lowest BCUT2D eigenvalue weighted by molar-refractivity contribution is -0.385. The number of halogens is 1. The summed E-state index contributed by atoms with van der Waals surface area (Å²) in [6.07, 6.45) is 0. The normalized spacial score (nSPS) is 11.4. The van der Waals surface area contributed by atoms with E-state index >= 15 is 0 Å². The maximum absolute atomic E-state index is 11.8. The summed E-state index contributed by atoms with van der Waals surface area (Å²) in [5, 5.41) is 10.6. The van der Waals surface area contributed by atoms with E-state index in [1.165, 1.54) is 19.2 Å². The molecule has 0 atom stereocenters. The summed E-state index contributed by atoms with van der Waals surface area (Å²) in [5.41, 5.74) is -0.295. The average molecular weight is 339 g/mol. The van der Waals surface area contributed by atoms with Gasteiger partial charge in [0.15, 0.2) is 0 Å². The molecule has 1 N–H and O–H groups in total. The van der Waals surface area contributed by atoms with Crippen LogP contribution in [0.2, 0.25) is 0 Å². The van der Waals surface area contributed by atoms with Crippen LogP contribution >= 0.6 is 15.9 Å². The molecule has 0 aliphatic carbocycles. The Labute approximate surface area is 112 Å². The maximum atomic E-state index is 11.8. The monoisotopic (exact) mass is 338 g/mol. The van der Waals surface area contributed by atoms with Gasteiger partial charge in [-0.15, -0.1) is 0 Å². The van der Waals surface area contributed by atoms with E-state index in [0.717, 1.165) is 6.07 Å². The van der Waals surface area contributed by atoms with E-state index in [-0.39, 0.29) is 23.7 Å². The Hall–Kier alpha value is -1.03. The molecule has 0 aliphatic heterocycles. The zero-order valence-electron chi connectivity index (χ0n) is 9.42. The van der Waals surface area contributed by atoms with Gasteiger partial charge in [-0.1, -0.05) is 15.9 Å². The number of hydrogen-bond acceptors (Lipinski definition) is 5. The topological polar surface area (TPSA) is 98.5 Å². The first-order valence-corrected chi connectivity index (χ1v) is 7.08. The summed E-state index contributed by atoms with van der Waals surface area (Å²) in [4.78, 5) is 9.82. The average Bonchev–Trinajstić information content (AvgIpc) is 2.28. The predicted octanol–water partition coefficient (Wildman–Crippen LogP) is 1.28. The van der Waals surface area contributed by atoms with Gasteiger partial charge in [-0.2, -0.15) is 0 Å². The molecule has 0 radical (unpaired) electrons. The minimum Gasteiger partial charge on any atom is -0.383 e. The Morgan fingerprint density at radius 1 is 1.44 bits per heavy atom. The van der Waals surface area contributed by atoms with Gasteiger partial charge in [0, 0.05) is 30.3 Å². The molecule has 18 heavy (non-hydrogen) atoms. The first-order chi connectivity index (χ1) is 8.36. The van der Waals surface area contributed by atoms with E-state index in [1.54, 1.807) is 0 Å². The molecule has 0 heterocycles. The lowest BCUT2D eigenvalue weighted by atomic mass is 10.3. The summed E-state index contributed by atoms with van der Waals surface area (Å²) in [6.45, 7) is 0.314. The summed E-state index contributed by atoms with van der Waals surface area (Å²) in [5.74, 6) is 0. The Balaban J connectivity index is 3.05. The number of nitro benzene ring substituents is 1. The Kier molecular flexibility index (Phi) is 5.20. The van der Waals surface area contributed by atoms with Crippen LogP contribution in [0.1, 0.15) is 0 Å². The van der Waals surface area contributed by atoms with Crippen LogP contribution < -0.4 is 4.72 Å². The molecule has 1 aromatic carbocycles. The van der Waals surface area contributed by atoms with E-state index in [9.17, 15) is 18.5 Å². The smallest absolute Gasteiger partial charge is 0.271 e. The third-order valence-electron chi connectivity index (χ3n) is 1.98. The minimum atomic E-state index is -3.78. The SMILES string of the molecule is COCCNS(=O)(=O)c1cc(Br)cc([N+](=O)[O-])c1. The number of non-ortho nitro benzene ring substituents is 1. The standard InChI is InChI=1S/C9H11BrN2O5S/c1-17-3-2-11-18(15,16)9-5-7(10)4-8(6-9)12(13)14/h4-6,11H,2-3H2,1H3. The summed E-state index contributed by atoms with van der Waals surface area (Å²) < 4.78 is 31.0. The second kappa shape index (κ2) is 6.23. The molecule has 0 saturated carbocycles. The number of ether oxygens (including phenoxy) is 1. The van der Waals surface area contributed by atoms with Crippen molar-refractivity contribution in [2.75, 3.05) is 20.3 Å². The van der Waals surface area contributed by atoms with Crippen molar-refractivity contribution in [2.45, 2.75) is 4.90 Å². The molecule has 0 amide bonds. The fourth-order valence-electron chi connectivity index (χ4n) is 1.17. The number of hydrogen-bond donors (Lipinski definition) is 1. The van der Waals surface area contributed by atoms with Crippen molar-refractivity contribution in [1.29, 1.82) is 0 Å². The molecule has 0 fully saturated rings. The molecular weight excluding hydrogens is 328 g/mol. The van der Waals surface area contributed by atoms with E-state index < -0.39 is 14.9 Å². The molecule has 0 bridgehead atoms. The van der Waals surface area contributed by atoms with Gasteiger partial charge in [-0.25, -0.2) is 13.1 Å². The molecule has 9 heteroatoms. The number of methoxy groups -OCH3 is 1. The highest BCUT2D eigenvalue weighted by Gasteiger charge is 2.18. The van der Waals surface area contributed by atoms with E-state index in [2.05, 4.69) is 20.7 Å². The molecule has 1 aromatic rings. The lowest BCUT2D eigenvalue weighted by Gasteiger charge is -2.06. The van der Waals surface area contributed by atoms with E-state index in [4.69, 9.17) is 4.74 Å². The number of nitrogens with zero attached hydrogens (tertiary/aromatic N) is 1. The van der Waals surface area contributed by atoms with Gasteiger partial charge in [-0.3, -0.25) is 10.1 Å². The first-order valence-electron chi connectivity index (χ1n) is 4.80. The van der Waals surface area contributed by atoms with Gasteiger partial charge < -0.3 is 4.74 Å². The van der Waals surface area contributed by atoms with Gasteiger partial charge in [0.05, 0.1) is 16.4 Å². The van der Waals surface area contributed by atoms with Gasteiger partial charge in [0.25, 0.3) is 5.69 Å². The molecule has 0 saturated heterocycles. The second-order valence-electron chi connectivity index (χ2n) is 3.29. The van der Waals surface area contributed by atoms with Gasteiger partial charge in [-0.05, 0) is 6.07 Å². The van der Waals surface area contributed by atoms with Crippen molar-refractivity contribution < 1.29 is 18.1 Å². The highest BCUT2D eigenvalue weighted by Crippen LogP contribution is 2.24. The summed E-state index contributed by atoms with van der Waals surface area (Å²) >= 11 is 3.03. The molecule has 0 unspecified atom stereocenters. The number of sulfonamides is 1. The quantitative estimate of drug-likeness (QED) is 0.478. The van der Waals surface area contributed by atoms with Crippen molar-refractivity contribution in [2.24, 2.45) is 0 Å². The lowest BCUT2D eigenvalue weighted by Crippen LogP contribution is -2.27. The van der Waals surface area contributed by atoms with Crippen molar-refractivity contribution in [1.82, 2.24) is 4.72 Å². The van der Waals surface area contributed by atoms with Crippen LogP contribution in [0.4, 0.5) is 5.69 Å². The van der Waals surface area contributed by atoms with Crippen molar-refractivity contribution >= 4 is 31.6 Å². The van der Waals surface area contributed by atoms with Crippen LogP contribution in [0.5, 0.6) is 0 Å². The zero-order chi connectivity index (χ0) is 13.8. The number of nitrogens with one attached hydrogen (secondary N) is 1. The second-order valence-corrected chi connectivity index (χ2v) is 5.98. The van der Waals surface area contributed by atoms with Crippen LogP contribution in [0.25, 0.3) is 0 Å². The minimum absolute atomic E-state index is 0.0964. The molecule has 0 aromatic heterocycles. The number of rotatable bonds is 6. The third kappa shape index (κ3) is 4.02. The molecule has 0 spiro atoms. The molecule has 0 aliphatic rings. The van der Waals surface area contributed by atoms with Gasteiger partial charge in [0.2, 0.25) is 10.0 Å². The van der Waals surface area contributed by atoms with Crippen LogP contribution in [-0.4, -0.2) is 33.6 Å². The highest BCUT2D eigenvalue weighted by molar-refractivity contribution is 9.10. The van der Waals surface area contributed by atoms with Gasteiger partial charge >= 0.3 is 0 Å². The Morgan fingerprint density at radius 3 is 2.67 bits per heavy atom. The number of benzene rings is 1. The fourth-order valence-corrected chi connectivity index (χ4v) is 2.88. The zero-order valence-corrected chi connectivity index (χ0v) is 11.8. The molecule has 7 nitrogen and oxygen atoms in total. The largest absolute Gasteiger partial charge is 0.383 e. The molecule has 1 rings (SSSR count). The Morgan fingerprint density at radius 2 is 2.11 bits per heavy atom. The molecular formula is C9H11BrN2O5S. The first kappa shape index (κ1) is 15.0. The van der Waals surface area contributed by atoms with Gasteiger partial charge in [0.1, 0.15) is 0 Å². The van der Waals surface area contributed by atoms with Crippen molar-refractivity contribution in [3.63, 3.8) is 0 Å². The van der Waals surface area contributed by atoms with Crippen LogP contribution in [-0.2, 0) is 14.8 Å². The fraction of sp³-hybridized carbons (Fsp3) is 0.333. The van der Waals surface area contributed by atoms with E-state index in [1.807, 2.05) is 0 Å². The predicted molar refractivity (Wildman–Crippen MR) is 67.9 cm³/mol. The van der Waals surface area contributed by atoms with Crippen molar-refractivity contribution in [3.8, 4) is 0 Å². The van der Waals surface area contributed by atoms with Crippen LogP contribution in [0.15, 0.2) is 27.6 Å².